The first-order valence-corrected chi connectivity index (χ1v) is 4.93. The Morgan fingerprint density at radius 1 is 1.19 bits per heavy atom. The molecule has 0 heterocycles. The molecule has 0 amide bonds. The monoisotopic (exact) mass is 229 g/mol. The molecule has 2 rings (SSSR count). The molecule has 1 fully saturated rings. The maximum absolute atomic E-state index is 13.3. The van der Waals surface area contributed by atoms with E-state index < -0.39 is 34.3 Å². The summed E-state index contributed by atoms with van der Waals surface area (Å²) < 4.78 is 38.9. The Hall–Kier alpha value is -1.36. The van der Waals surface area contributed by atoms with Gasteiger partial charge in [-0.05, 0) is 31.4 Å². The van der Waals surface area contributed by atoms with Crippen LogP contribution in [0.4, 0.5) is 13.2 Å². The lowest BCUT2D eigenvalue weighted by atomic mass is 9.72. The molecule has 0 aromatic heterocycles. The number of rotatable bonds is 2. The summed E-state index contributed by atoms with van der Waals surface area (Å²) in [6.07, 6.45) is 1.68. The number of carbonyl (C=O) groups is 1. The molecule has 0 atom stereocenters. The van der Waals surface area contributed by atoms with Crippen LogP contribution >= 0.6 is 0 Å². The number of ketones is 1. The Balaban J connectivity index is 2.41. The first-order chi connectivity index (χ1) is 7.46. The number of hydrogen-bond acceptors (Lipinski definition) is 2. The van der Waals surface area contributed by atoms with Gasteiger partial charge in [0.2, 0.25) is 0 Å². The Morgan fingerprint density at radius 3 is 2.31 bits per heavy atom. The third kappa shape index (κ3) is 1.51. The van der Waals surface area contributed by atoms with Gasteiger partial charge in [0, 0.05) is 0 Å². The quantitative estimate of drug-likeness (QED) is 0.623. The fourth-order valence-corrected chi connectivity index (χ4v) is 1.75. The lowest BCUT2D eigenvalue weighted by molar-refractivity contribution is 0.0795. The van der Waals surface area contributed by atoms with Crippen LogP contribution in [0.2, 0.25) is 0 Å². The van der Waals surface area contributed by atoms with Crippen LogP contribution in [-0.2, 0) is 0 Å². The topological polar surface area (TPSA) is 43.1 Å². The van der Waals surface area contributed by atoms with Crippen molar-refractivity contribution in [3.63, 3.8) is 0 Å². The van der Waals surface area contributed by atoms with E-state index in [9.17, 15) is 18.0 Å². The lowest BCUT2D eigenvalue weighted by Crippen LogP contribution is -2.53. The number of carbonyl (C=O) groups excluding carboxylic acids is 1. The van der Waals surface area contributed by atoms with E-state index in [0.717, 1.165) is 18.6 Å². The van der Waals surface area contributed by atoms with E-state index in [0.29, 0.717) is 12.8 Å². The maximum Gasteiger partial charge on any atom is 0.195 e. The van der Waals surface area contributed by atoms with Gasteiger partial charge in [-0.25, -0.2) is 13.2 Å². The predicted molar refractivity (Wildman–Crippen MR) is 51.4 cm³/mol. The summed E-state index contributed by atoms with van der Waals surface area (Å²) in [5, 5.41) is 0. The van der Waals surface area contributed by atoms with Crippen LogP contribution in [0.15, 0.2) is 12.1 Å². The number of halogens is 3. The molecular weight excluding hydrogens is 219 g/mol. The normalized spacial score (nSPS) is 18.0. The van der Waals surface area contributed by atoms with Crippen LogP contribution in [-0.4, -0.2) is 11.3 Å². The molecule has 0 spiro atoms. The number of benzene rings is 1. The number of Topliss-reactive ketones (excluding diaryl/α,β-unsaturated/α-hetero) is 1. The molecule has 0 bridgehead atoms. The zero-order chi connectivity index (χ0) is 11.9. The molecule has 2 N–H and O–H groups in total. The average molecular weight is 229 g/mol. The van der Waals surface area contributed by atoms with Gasteiger partial charge in [0.05, 0.1) is 11.1 Å². The minimum atomic E-state index is -1.63. The van der Waals surface area contributed by atoms with E-state index in [1.807, 2.05) is 0 Å². The minimum Gasteiger partial charge on any atom is -0.319 e. The summed E-state index contributed by atoms with van der Waals surface area (Å²) in [5.41, 5.74) is 4.13. The highest BCUT2D eigenvalue weighted by Gasteiger charge is 2.41. The van der Waals surface area contributed by atoms with Crippen LogP contribution < -0.4 is 5.73 Å². The van der Waals surface area contributed by atoms with Crippen LogP contribution in [0.5, 0.6) is 0 Å². The fraction of sp³-hybridized carbons (Fsp3) is 0.364. The minimum absolute atomic E-state index is 0.449. The molecule has 0 saturated heterocycles. The molecular formula is C11H10F3NO. The van der Waals surface area contributed by atoms with Crippen molar-refractivity contribution in [2.45, 2.75) is 24.8 Å². The molecule has 0 unspecified atom stereocenters. The third-order valence-corrected chi connectivity index (χ3v) is 2.98. The molecule has 1 aromatic carbocycles. The van der Waals surface area contributed by atoms with E-state index in [1.165, 1.54) is 0 Å². The third-order valence-electron chi connectivity index (χ3n) is 2.98. The summed E-state index contributed by atoms with van der Waals surface area (Å²) in [5.74, 6) is -5.06. The average Bonchev–Trinajstić information content (AvgIpc) is 2.22. The van der Waals surface area contributed by atoms with Gasteiger partial charge in [-0.2, -0.15) is 0 Å². The van der Waals surface area contributed by atoms with Crippen molar-refractivity contribution in [1.82, 2.24) is 0 Å². The van der Waals surface area contributed by atoms with Gasteiger partial charge in [-0.15, -0.1) is 0 Å². The summed E-state index contributed by atoms with van der Waals surface area (Å²) in [6, 6.07) is 1.66. The van der Waals surface area contributed by atoms with Gasteiger partial charge < -0.3 is 5.73 Å². The molecule has 2 nitrogen and oxygen atoms in total. The number of hydrogen-bond donors (Lipinski definition) is 1. The second kappa shape index (κ2) is 3.59. The highest BCUT2D eigenvalue weighted by molar-refractivity contribution is 6.03. The van der Waals surface area contributed by atoms with E-state index >= 15 is 0 Å². The van der Waals surface area contributed by atoms with Crippen LogP contribution in [0, 0.1) is 17.5 Å². The van der Waals surface area contributed by atoms with Crippen LogP contribution in [0.25, 0.3) is 0 Å². The van der Waals surface area contributed by atoms with Crippen molar-refractivity contribution in [2.24, 2.45) is 5.73 Å². The van der Waals surface area contributed by atoms with E-state index in [4.69, 9.17) is 5.73 Å². The molecule has 16 heavy (non-hydrogen) atoms. The first kappa shape index (κ1) is 11.1. The molecule has 0 radical (unpaired) electrons. The van der Waals surface area contributed by atoms with Crippen molar-refractivity contribution < 1.29 is 18.0 Å². The Labute approximate surface area is 90.2 Å². The molecule has 1 saturated carbocycles. The summed E-state index contributed by atoms with van der Waals surface area (Å²) in [6.45, 7) is 0. The second-order valence-electron chi connectivity index (χ2n) is 4.06. The summed E-state index contributed by atoms with van der Waals surface area (Å²) in [7, 11) is 0. The maximum atomic E-state index is 13.3. The van der Waals surface area contributed by atoms with Gasteiger partial charge in [0.15, 0.2) is 23.2 Å². The molecule has 1 aromatic rings. The smallest absolute Gasteiger partial charge is 0.195 e. The van der Waals surface area contributed by atoms with E-state index in [-0.39, 0.29) is 0 Å². The van der Waals surface area contributed by atoms with Gasteiger partial charge in [0.25, 0.3) is 0 Å². The molecule has 86 valence electrons. The highest BCUT2D eigenvalue weighted by Crippen LogP contribution is 2.33. The fourth-order valence-electron chi connectivity index (χ4n) is 1.75. The second-order valence-corrected chi connectivity index (χ2v) is 4.06. The van der Waals surface area contributed by atoms with E-state index in [1.54, 1.807) is 0 Å². The first-order valence-electron chi connectivity index (χ1n) is 4.93. The van der Waals surface area contributed by atoms with Gasteiger partial charge in [-0.3, -0.25) is 4.79 Å². The summed E-state index contributed by atoms with van der Waals surface area (Å²) >= 11 is 0. The van der Waals surface area contributed by atoms with Crippen molar-refractivity contribution in [3.05, 3.63) is 35.1 Å². The van der Waals surface area contributed by atoms with E-state index in [2.05, 4.69) is 0 Å². The Bertz CT molecular complexity index is 455. The van der Waals surface area contributed by atoms with Crippen molar-refractivity contribution in [3.8, 4) is 0 Å². The van der Waals surface area contributed by atoms with Gasteiger partial charge in [0.1, 0.15) is 0 Å². The van der Waals surface area contributed by atoms with Crippen molar-refractivity contribution in [2.75, 3.05) is 0 Å². The molecule has 1 aliphatic carbocycles. The highest BCUT2D eigenvalue weighted by atomic mass is 19.2. The number of nitrogens with two attached hydrogens (primary N) is 1. The van der Waals surface area contributed by atoms with Gasteiger partial charge >= 0.3 is 0 Å². The van der Waals surface area contributed by atoms with Crippen LogP contribution in [0.1, 0.15) is 29.6 Å². The van der Waals surface area contributed by atoms with Gasteiger partial charge in [-0.1, -0.05) is 0 Å². The van der Waals surface area contributed by atoms with Crippen molar-refractivity contribution >= 4 is 5.78 Å². The lowest BCUT2D eigenvalue weighted by Gasteiger charge is -2.36. The Morgan fingerprint density at radius 2 is 1.81 bits per heavy atom. The Kier molecular flexibility index (Phi) is 2.50. The standard InChI is InChI=1S/C11H10F3NO/c12-7-3-2-6(8(13)9(7)14)10(16)11(15)4-1-5-11/h2-3H,1,4-5,15H2. The predicted octanol–water partition coefficient (Wildman–Crippen LogP) is 2.17. The van der Waals surface area contributed by atoms with Crippen molar-refractivity contribution in [1.29, 1.82) is 0 Å². The molecule has 1 aliphatic rings. The summed E-state index contributed by atoms with van der Waals surface area (Å²) in [4.78, 5) is 11.8. The molecule has 0 aliphatic heterocycles. The zero-order valence-electron chi connectivity index (χ0n) is 8.40. The molecule has 5 heteroatoms. The zero-order valence-corrected chi connectivity index (χ0v) is 8.40. The van der Waals surface area contributed by atoms with Crippen LogP contribution in [0.3, 0.4) is 0 Å². The SMILES string of the molecule is NC1(C(=O)c2ccc(F)c(F)c2F)CCC1. The largest absolute Gasteiger partial charge is 0.319 e.